The maximum absolute atomic E-state index is 10.3. The van der Waals surface area contributed by atoms with Gasteiger partial charge in [-0.2, -0.15) is 0 Å². The molecule has 0 aromatic carbocycles. The van der Waals surface area contributed by atoms with Crippen molar-refractivity contribution in [1.82, 2.24) is 0 Å². The van der Waals surface area contributed by atoms with Gasteiger partial charge >= 0.3 is 5.97 Å². The van der Waals surface area contributed by atoms with Crippen LogP contribution in [0.25, 0.3) is 0 Å². The fourth-order valence-electron chi connectivity index (χ4n) is 2.29. The average molecular weight is 306 g/mol. The van der Waals surface area contributed by atoms with Crippen LogP contribution in [0.2, 0.25) is 0 Å². The van der Waals surface area contributed by atoms with Gasteiger partial charge in [-0.25, -0.2) is 4.79 Å². The number of unbranched alkanes of at least 4 members (excludes halogenated alkanes) is 9. The molecule has 0 amide bonds. The zero-order chi connectivity index (χ0) is 16.3. The molecule has 2 nitrogen and oxygen atoms in total. The van der Waals surface area contributed by atoms with Crippen LogP contribution in [0, 0.1) is 0 Å². The highest BCUT2D eigenvalue weighted by Crippen LogP contribution is 2.09. The maximum Gasteiger partial charge on any atom is 0.327 e. The Hall–Kier alpha value is -1.31. The van der Waals surface area contributed by atoms with Gasteiger partial charge in [0.2, 0.25) is 0 Å². The highest BCUT2D eigenvalue weighted by molar-refractivity contribution is 5.79. The van der Waals surface area contributed by atoms with Crippen LogP contribution in [0.3, 0.4) is 0 Å². The van der Waals surface area contributed by atoms with Crippen LogP contribution >= 0.6 is 0 Å². The van der Waals surface area contributed by atoms with E-state index < -0.39 is 5.97 Å². The van der Waals surface area contributed by atoms with Gasteiger partial charge in [0.15, 0.2) is 0 Å². The first kappa shape index (κ1) is 20.7. The molecule has 0 rings (SSSR count). The van der Waals surface area contributed by atoms with Crippen LogP contribution in [-0.2, 0) is 4.79 Å². The van der Waals surface area contributed by atoms with Gasteiger partial charge in [0.05, 0.1) is 0 Å². The summed E-state index contributed by atoms with van der Waals surface area (Å²) in [7, 11) is 0. The van der Waals surface area contributed by atoms with Crippen molar-refractivity contribution in [3.05, 3.63) is 36.5 Å². The van der Waals surface area contributed by atoms with E-state index in [1.165, 1.54) is 57.4 Å². The second-order valence-electron chi connectivity index (χ2n) is 5.72. The first-order chi connectivity index (χ1) is 10.8. The van der Waals surface area contributed by atoms with E-state index in [-0.39, 0.29) is 0 Å². The molecule has 0 unspecified atom stereocenters. The molecule has 0 bridgehead atoms. The summed E-state index contributed by atoms with van der Waals surface area (Å²) in [6, 6.07) is 0. The molecular formula is C20H34O2. The second-order valence-corrected chi connectivity index (χ2v) is 5.72. The van der Waals surface area contributed by atoms with Gasteiger partial charge in [0.25, 0.3) is 0 Å². The van der Waals surface area contributed by atoms with Gasteiger partial charge in [-0.05, 0) is 51.4 Å². The molecule has 0 aromatic heterocycles. The Morgan fingerprint density at radius 2 is 1.14 bits per heavy atom. The third-order valence-corrected chi connectivity index (χ3v) is 3.56. The molecule has 0 aliphatic heterocycles. The fraction of sp³-hybridized carbons (Fsp3) is 0.650. The van der Waals surface area contributed by atoms with Crippen molar-refractivity contribution in [3.8, 4) is 0 Å². The fourth-order valence-corrected chi connectivity index (χ4v) is 2.29. The minimum absolute atomic E-state index is 0.851. The van der Waals surface area contributed by atoms with Gasteiger partial charge in [0.1, 0.15) is 0 Å². The number of carboxylic acids is 1. The van der Waals surface area contributed by atoms with Crippen molar-refractivity contribution in [1.29, 1.82) is 0 Å². The Morgan fingerprint density at radius 1 is 0.682 bits per heavy atom. The van der Waals surface area contributed by atoms with Crippen LogP contribution in [0.1, 0.15) is 84.0 Å². The number of hydrogen-bond acceptors (Lipinski definition) is 1. The van der Waals surface area contributed by atoms with Gasteiger partial charge in [-0.1, -0.05) is 63.0 Å². The van der Waals surface area contributed by atoms with E-state index in [2.05, 4.69) is 31.2 Å². The Balaban J connectivity index is 3.17. The molecule has 0 aromatic rings. The van der Waals surface area contributed by atoms with Gasteiger partial charge < -0.3 is 5.11 Å². The second kappa shape index (κ2) is 17.7. The molecule has 0 heterocycles. The van der Waals surface area contributed by atoms with Gasteiger partial charge in [-0.3, -0.25) is 0 Å². The molecule has 0 atom stereocenters. The third kappa shape index (κ3) is 18.7. The molecule has 0 aliphatic rings. The Kier molecular flexibility index (Phi) is 16.7. The predicted octanol–water partition coefficient (Wildman–Crippen LogP) is 6.44. The first-order valence-corrected chi connectivity index (χ1v) is 8.96. The van der Waals surface area contributed by atoms with Crippen LogP contribution in [-0.4, -0.2) is 11.1 Å². The Bertz CT molecular complexity index is 327. The van der Waals surface area contributed by atoms with E-state index in [0.29, 0.717) is 0 Å². The molecular weight excluding hydrogens is 272 g/mol. The van der Waals surface area contributed by atoms with Crippen molar-refractivity contribution in [3.63, 3.8) is 0 Å². The monoisotopic (exact) mass is 306 g/mol. The topological polar surface area (TPSA) is 37.3 Å². The number of hydrogen-bond donors (Lipinski definition) is 1. The standard InChI is InChI=1S/C20H34O2/c1-2-3-4-5-6-7-8-9-10-11-12-13-14-15-16-17-18-19-20(21)22/h3-4,13-14,18-19H,2,5-12,15-17H2,1H3,(H,21,22)/b4-3+,14-13+,19-18+. The molecule has 1 N–H and O–H groups in total. The lowest BCUT2D eigenvalue weighted by molar-refractivity contribution is -0.131. The number of aliphatic carboxylic acids is 1. The van der Waals surface area contributed by atoms with Crippen LogP contribution in [0.15, 0.2) is 36.5 Å². The van der Waals surface area contributed by atoms with Crippen molar-refractivity contribution >= 4 is 5.97 Å². The summed E-state index contributed by atoms with van der Waals surface area (Å²) in [5.74, 6) is -0.854. The maximum atomic E-state index is 10.3. The zero-order valence-corrected chi connectivity index (χ0v) is 14.3. The summed E-state index contributed by atoms with van der Waals surface area (Å²) in [6.07, 6.45) is 26.6. The zero-order valence-electron chi connectivity index (χ0n) is 14.3. The number of carbonyl (C=O) groups is 1. The molecule has 0 saturated carbocycles. The summed E-state index contributed by atoms with van der Waals surface area (Å²) in [5, 5.41) is 8.44. The van der Waals surface area contributed by atoms with E-state index in [9.17, 15) is 4.79 Å². The van der Waals surface area contributed by atoms with E-state index >= 15 is 0 Å². The summed E-state index contributed by atoms with van der Waals surface area (Å²) >= 11 is 0. The number of carboxylic acid groups (broad SMARTS) is 1. The lowest BCUT2D eigenvalue weighted by Gasteiger charge is -1.99. The summed E-state index contributed by atoms with van der Waals surface area (Å²) in [4.78, 5) is 10.3. The molecule has 0 radical (unpaired) electrons. The molecule has 2 heteroatoms. The average Bonchev–Trinajstić information content (AvgIpc) is 2.50. The molecule has 0 fully saturated rings. The summed E-state index contributed by atoms with van der Waals surface area (Å²) < 4.78 is 0. The van der Waals surface area contributed by atoms with Crippen LogP contribution < -0.4 is 0 Å². The number of allylic oxidation sites excluding steroid dienone is 5. The normalized spacial score (nSPS) is 12.0. The Morgan fingerprint density at radius 3 is 1.68 bits per heavy atom. The van der Waals surface area contributed by atoms with Gasteiger partial charge in [-0.15, -0.1) is 0 Å². The largest absolute Gasteiger partial charge is 0.478 e. The van der Waals surface area contributed by atoms with E-state index in [1.807, 2.05) is 0 Å². The van der Waals surface area contributed by atoms with Crippen LogP contribution in [0.4, 0.5) is 0 Å². The Labute approximate surface area is 137 Å². The lowest BCUT2D eigenvalue weighted by Crippen LogP contribution is -1.85. The van der Waals surface area contributed by atoms with Crippen molar-refractivity contribution in [2.24, 2.45) is 0 Å². The summed E-state index contributed by atoms with van der Waals surface area (Å²) in [6.45, 7) is 2.18. The molecule has 0 saturated heterocycles. The number of rotatable bonds is 15. The smallest absolute Gasteiger partial charge is 0.327 e. The minimum Gasteiger partial charge on any atom is -0.478 e. The van der Waals surface area contributed by atoms with E-state index in [1.54, 1.807) is 6.08 Å². The molecule has 126 valence electrons. The van der Waals surface area contributed by atoms with Gasteiger partial charge in [0, 0.05) is 6.08 Å². The van der Waals surface area contributed by atoms with Crippen LogP contribution in [0.5, 0.6) is 0 Å². The lowest BCUT2D eigenvalue weighted by atomic mass is 10.1. The van der Waals surface area contributed by atoms with E-state index in [4.69, 9.17) is 5.11 Å². The molecule has 22 heavy (non-hydrogen) atoms. The van der Waals surface area contributed by atoms with E-state index in [0.717, 1.165) is 25.7 Å². The highest BCUT2D eigenvalue weighted by atomic mass is 16.4. The summed E-state index contributed by atoms with van der Waals surface area (Å²) in [5.41, 5.74) is 0. The third-order valence-electron chi connectivity index (χ3n) is 3.56. The SMILES string of the molecule is CC/C=C/CCCCCCCC/C=C/CCC/C=C/C(=O)O. The highest BCUT2D eigenvalue weighted by Gasteiger charge is 1.90. The first-order valence-electron chi connectivity index (χ1n) is 8.96. The molecule has 0 aliphatic carbocycles. The molecule has 0 spiro atoms. The predicted molar refractivity (Wildman–Crippen MR) is 96.1 cm³/mol. The van der Waals surface area contributed by atoms with Crippen molar-refractivity contribution < 1.29 is 9.90 Å². The quantitative estimate of drug-likeness (QED) is 0.215. The minimum atomic E-state index is -0.854. The van der Waals surface area contributed by atoms with Crippen molar-refractivity contribution in [2.45, 2.75) is 84.0 Å². The van der Waals surface area contributed by atoms with Crippen molar-refractivity contribution in [2.75, 3.05) is 0 Å².